The van der Waals surface area contributed by atoms with Crippen molar-refractivity contribution in [1.82, 2.24) is 14.9 Å². The molecular weight excluding hydrogens is 278 g/mol. The second-order valence-corrected chi connectivity index (χ2v) is 4.50. The summed E-state index contributed by atoms with van der Waals surface area (Å²) >= 11 is 1.14. The lowest BCUT2D eigenvalue weighted by atomic mass is 10.2. The van der Waals surface area contributed by atoms with Crippen LogP contribution in [0.5, 0.6) is 11.5 Å². The average Bonchev–Trinajstić information content (AvgIpc) is 3.00. The fourth-order valence-electron chi connectivity index (χ4n) is 1.63. The smallest absolute Gasteiger partial charge is 0.273 e. The van der Waals surface area contributed by atoms with E-state index in [2.05, 4.69) is 14.9 Å². The Hall–Kier alpha value is -2.15. The maximum atomic E-state index is 11.7. The highest BCUT2D eigenvalue weighted by molar-refractivity contribution is 7.03. The summed E-state index contributed by atoms with van der Waals surface area (Å²) in [7, 11) is 1.58. The number of rotatable bonds is 6. The van der Waals surface area contributed by atoms with Crippen LogP contribution in [0.15, 0.2) is 23.6 Å². The molecule has 0 saturated heterocycles. The number of ether oxygens (including phenoxy) is 2. The molecule has 2 aromatic rings. The van der Waals surface area contributed by atoms with E-state index in [1.54, 1.807) is 12.5 Å². The van der Waals surface area contributed by atoms with Crippen molar-refractivity contribution in [3.8, 4) is 11.5 Å². The van der Waals surface area contributed by atoms with Crippen molar-refractivity contribution in [2.45, 2.75) is 13.5 Å². The number of aromatic nitrogens is 2. The third-order valence-electron chi connectivity index (χ3n) is 2.57. The predicted molar refractivity (Wildman–Crippen MR) is 75.2 cm³/mol. The van der Waals surface area contributed by atoms with E-state index >= 15 is 0 Å². The van der Waals surface area contributed by atoms with Crippen LogP contribution in [0.1, 0.15) is 23.0 Å². The first kappa shape index (κ1) is 14.3. The van der Waals surface area contributed by atoms with Crippen LogP contribution in [-0.2, 0) is 6.54 Å². The van der Waals surface area contributed by atoms with Crippen LogP contribution in [0.4, 0.5) is 0 Å². The summed E-state index contributed by atoms with van der Waals surface area (Å²) in [6, 6.07) is 5.55. The van der Waals surface area contributed by atoms with Gasteiger partial charge in [-0.3, -0.25) is 4.79 Å². The summed E-state index contributed by atoms with van der Waals surface area (Å²) in [6.07, 6.45) is 0. The monoisotopic (exact) mass is 293 g/mol. The van der Waals surface area contributed by atoms with Gasteiger partial charge in [-0.25, -0.2) is 0 Å². The van der Waals surface area contributed by atoms with Crippen LogP contribution >= 0.6 is 11.5 Å². The summed E-state index contributed by atoms with van der Waals surface area (Å²) in [5.74, 6) is 1.09. The Morgan fingerprint density at radius 1 is 1.40 bits per heavy atom. The molecule has 0 fully saturated rings. The van der Waals surface area contributed by atoms with Crippen molar-refractivity contribution in [2.24, 2.45) is 0 Å². The molecule has 1 heterocycles. The highest BCUT2D eigenvalue weighted by Crippen LogP contribution is 2.27. The van der Waals surface area contributed by atoms with Gasteiger partial charge in [0.2, 0.25) is 0 Å². The van der Waals surface area contributed by atoms with Crippen molar-refractivity contribution in [2.75, 3.05) is 13.7 Å². The van der Waals surface area contributed by atoms with E-state index in [9.17, 15) is 4.79 Å². The Morgan fingerprint density at radius 3 is 2.90 bits per heavy atom. The minimum absolute atomic E-state index is 0.244. The van der Waals surface area contributed by atoms with E-state index < -0.39 is 0 Å². The van der Waals surface area contributed by atoms with Crippen LogP contribution in [-0.4, -0.2) is 29.2 Å². The van der Waals surface area contributed by atoms with Crippen molar-refractivity contribution < 1.29 is 14.3 Å². The fourth-order valence-corrected chi connectivity index (χ4v) is 2.07. The van der Waals surface area contributed by atoms with Gasteiger partial charge >= 0.3 is 0 Å². The Bertz CT molecular complexity index is 572. The van der Waals surface area contributed by atoms with Gasteiger partial charge in [-0.15, -0.1) is 5.10 Å². The number of amides is 1. The van der Waals surface area contributed by atoms with E-state index in [4.69, 9.17) is 9.47 Å². The minimum atomic E-state index is -0.244. The van der Waals surface area contributed by atoms with Crippen LogP contribution in [0, 0.1) is 0 Å². The summed E-state index contributed by atoms with van der Waals surface area (Å²) in [4.78, 5) is 11.7. The summed E-state index contributed by atoms with van der Waals surface area (Å²) in [5, 5.41) is 8.09. The van der Waals surface area contributed by atoms with E-state index in [-0.39, 0.29) is 5.91 Å². The molecule has 6 nitrogen and oxygen atoms in total. The van der Waals surface area contributed by atoms with E-state index in [1.165, 1.54) is 0 Å². The topological polar surface area (TPSA) is 73.3 Å². The van der Waals surface area contributed by atoms with Crippen molar-refractivity contribution in [1.29, 1.82) is 0 Å². The number of nitrogens with zero attached hydrogens (tertiary/aromatic N) is 2. The predicted octanol–water partition coefficient (Wildman–Crippen LogP) is 1.88. The zero-order valence-electron chi connectivity index (χ0n) is 11.3. The van der Waals surface area contributed by atoms with Gasteiger partial charge in [0, 0.05) is 11.9 Å². The van der Waals surface area contributed by atoms with Crippen molar-refractivity contribution in [3.05, 3.63) is 34.8 Å². The molecule has 1 aromatic carbocycles. The molecule has 0 bridgehead atoms. The molecule has 1 aromatic heterocycles. The van der Waals surface area contributed by atoms with E-state index in [1.807, 2.05) is 25.1 Å². The molecule has 0 aliphatic carbocycles. The molecule has 2 rings (SSSR count). The van der Waals surface area contributed by atoms with Crippen LogP contribution in [0.3, 0.4) is 0 Å². The number of nitrogens with one attached hydrogen (secondary N) is 1. The minimum Gasteiger partial charge on any atom is -0.493 e. The summed E-state index contributed by atoms with van der Waals surface area (Å²) in [6.45, 7) is 2.87. The maximum Gasteiger partial charge on any atom is 0.273 e. The first-order chi connectivity index (χ1) is 9.74. The summed E-state index contributed by atoms with van der Waals surface area (Å²) in [5.41, 5.74) is 1.25. The van der Waals surface area contributed by atoms with Gasteiger partial charge in [0.15, 0.2) is 17.2 Å². The molecule has 0 aliphatic heterocycles. The Kier molecular flexibility index (Phi) is 4.89. The third-order valence-corrected chi connectivity index (χ3v) is 3.08. The Morgan fingerprint density at radius 2 is 2.25 bits per heavy atom. The Labute approximate surface area is 120 Å². The second kappa shape index (κ2) is 6.85. The van der Waals surface area contributed by atoms with Gasteiger partial charge in [-0.05, 0) is 36.2 Å². The highest BCUT2D eigenvalue weighted by atomic mass is 32.1. The normalized spacial score (nSPS) is 10.1. The van der Waals surface area contributed by atoms with Crippen LogP contribution in [0.2, 0.25) is 0 Å². The lowest BCUT2D eigenvalue weighted by molar-refractivity contribution is 0.0946. The molecule has 1 amide bonds. The van der Waals surface area contributed by atoms with Gasteiger partial charge in [-0.2, -0.15) is 0 Å². The fraction of sp³-hybridized carbons (Fsp3) is 0.308. The SMILES string of the molecule is CCOc1ccc(CNC(=O)c2csnn2)cc1OC. The highest BCUT2D eigenvalue weighted by Gasteiger charge is 2.09. The molecule has 0 spiro atoms. The second-order valence-electron chi connectivity index (χ2n) is 3.89. The first-order valence-electron chi connectivity index (χ1n) is 6.09. The van der Waals surface area contributed by atoms with Gasteiger partial charge in [-0.1, -0.05) is 10.6 Å². The number of carbonyl (C=O) groups excluding carboxylic acids is 1. The lowest BCUT2D eigenvalue weighted by Gasteiger charge is -2.11. The molecule has 1 N–H and O–H groups in total. The lowest BCUT2D eigenvalue weighted by Crippen LogP contribution is -2.23. The maximum absolute atomic E-state index is 11.7. The zero-order valence-corrected chi connectivity index (χ0v) is 12.1. The molecule has 0 aliphatic rings. The van der Waals surface area contributed by atoms with Gasteiger partial charge in [0.25, 0.3) is 5.91 Å². The Balaban J connectivity index is 2.01. The van der Waals surface area contributed by atoms with E-state index in [0.29, 0.717) is 30.3 Å². The molecule has 20 heavy (non-hydrogen) atoms. The van der Waals surface area contributed by atoms with Gasteiger partial charge in [0.05, 0.1) is 13.7 Å². The van der Waals surface area contributed by atoms with Gasteiger partial charge in [0.1, 0.15) is 0 Å². The average molecular weight is 293 g/mol. The first-order valence-corrected chi connectivity index (χ1v) is 6.93. The largest absolute Gasteiger partial charge is 0.493 e. The van der Waals surface area contributed by atoms with Crippen molar-refractivity contribution >= 4 is 17.4 Å². The summed E-state index contributed by atoms with van der Waals surface area (Å²) < 4.78 is 14.3. The zero-order chi connectivity index (χ0) is 14.4. The molecular formula is C13H15N3O3S. The number of methoxy groups -OCH3 is 1. The molecule has 106 valence electrons. The molecule has 0 saturated carbocycles. The third kappa shape index (κ3) is 3.45. The van der Waals surface area contributed by atoms with Crippen molar-refractivity contribution in [3.63, 3.8) is 0 Å². The number of benzene rings is 1. The number of hydrogen-bond acceptors (Lipinski definition) is 6. The standard InChI is InChI=1S/C13H15N3O3S/c1-3-19-11-5-4-9(6-12(11)18-2)7-14-13(17)10-8-20-16-15-10/h4-6,8H,3,7H2,1-2H3,(H,14,17). The number of carbonyl (C=O) groups is 1. The molecule has 0 atom stereocenters. The molecule has 0 radical (unpaired) electrons. The molecule has 7 heteroatoms. The van der Waals surface area contributed by atoms with E-state index in [0.717, 1.165) is 17.1 Å². The molecule has 0 unspecified atom stereocenters. The number of hydrogen-bond donors (Lipinski definition) is 1. The van der Waals surface area contributed by atoms with Crippen LogP contribution < -0.4 is 14.8 Å². The quantitative estimate of drug-likeness (QED) is 0.880. The van der Waals surface area contributed by atoms with Gasteiger partial charge < -0.3 is 14.8 Å². The van der Waals surface area contributed by atoms with Crippen LogP contribution in [0.25, 0.3) is 0 Å².